The molecule has 0 bridgehead atoms. The van der Waals surface area contributed by atoms with Gasteiger partial charge in [0.2, 0.25) is 0 Å². The topological polar surface area (TPSA) is 65.1 Å². The highest BCUT2D eigenvalue weighted by Crippen LogP contribution is 2.26. The average Bonchev–Trinajstić information content (AvgIpc) is 2.57. The molecule has 148 valence electrons. The summed E-state index contributed by atoms with van der Waals surface area (Å²) in [7, 11) is 2.06. The number of ether oxygens (including phenoxy) is 1. The molecule has 1 N–H and O–H groups in total. The molecule has 0 unspecified atom stereocenters. The lowest BCUT2D eigenvalue weighted by Gasteiger charge is -2.40. The number of nitrogens with zero attached hydrogens (tertiary/aromatic N) is 3. The van der Waals surface area contributed by atoms with Crippen LogP contribution in [0.4, 0.5) is 14.9 Å². The van der Waals surface area contributed by atoms with E-state index in [-0.39, 0.29) is 18.1 Å². The van der Waals surface area contributed by atoms with Crippen molar-refractivity contribution < 1.29 is 18.7 Å². The minimum atomic E-state index is -0.481. The molecule has 27 heavy (non-hydrogen) atoms. The van der Waals surface area contributed by atoms with Crippen molar-refractivity contribution in [3.63, 3.8) is 0 Å². The van der Waals surface area contributed by atoms with E-state index in [1.165, 1.54) is 12.1 Å². The molecule has 2 aliphatic rings. The lowest BCUT2D eigenvalue weighted by Crippen LogP contribution is -2.56. The highest BCUT2D eigenvalue weighted by Gasteiger charge is 2.35. The van der Waals surface area contributed by atoms with Gasteiger partial charge in [-0.25, -0.2) is 9.18 Å². The second kappa shape index (κ2) is 8.12. The van der Waals surface area contributed by atoms with Crippen molar-refractivity contribution in [2.24, 2.45) is 0 Å². The molecule has 0 saturated carbocycles. The number of hydrogen-bond acceptors (Lipinski definition) is 5. The minimum Gasteiger partial charge on any atom is -0.442 e. The summed E-state index contributed by atoms with van der Waals surface area (Å²) in [6, 6.07) is 4.37. The van der Waals surface area contributed by atoms with Gasteiger partial charge in [0.15, 0.2) is 0 Å². The van der Waals surface area contributed by atoms with Crippen LogP contribution >= 0.6 is 0 Å². The standard InChI is InChI=1S/C19H27FN4O3/c1-13(2)21-19(26)27-15-11-24(12-15)18(25)16-10-14(20)4-5-17(16)23-8-6-22(3)7-9-23/h4-5,10,13,15H,6-9,11-12H2,1-3H3,(H,21,26). The molecule has 0 aliphatic carbocycles. The van der Waals surface area contributed by atoms with Crippen molar-refractivity contribution in [3.8, 4) is 0 Å². The smallest absolute Gasteiger partial charge is 0.407 e. The van der Waals surface area contributed by atoms with Crippen LogP contribution in [0, 0.1) is 5.82 Å². The Morgan fingerprint density at radius 1 is 1.19 bits per heavy atom. The van der Waals surface area contributed by atoms with Gasteiger partial charge in [0, 0.05) is 37.9 Å². The van der Waals surface area contributed by atoms with Crippen LogP contribution in [0.3, 0.4) is 0 Å². The van der Waals surface area contributed by atoms with Gasteiger partial charge in [-0.2, -0.15) is 0 Å². The predicted molar refractivity (Wildman–Crippen MR) is 101 cm³/mol. The van der Waals surface area contributed by atoms with Gasteiger partial charge >= 0.3 is 6.09 Å². The van der Waals surface area contributed by atoms with Crippen molar-refractivity contribution in [1.82, 2.24) is 15.1 Å². The average molecular weight is 378 g/mol. The minimum absolute atomic E-state index is 0.00579. The van der Waals surface area contributed by atoms with Crippen LogP contribution in [-0.4, -0.2) is 80.3 Å². The fraction of sp³-hybridized carbons (Fsp3) is 0.579. The number of nitrogens with one attached hydrogen (secondary N) is 1. The van der Waals surface area contributed by atoms with Gasteiger partial charge in [0.25, 0.3) is 5.91 Å². The van der Waals surface area contributed by atoms with Crippen molar-refractivity contribution in [2.45, 2.75) is 26.0 Å². The van der Waals surface area contributed by atoms with Gasteiger partial charge in [-0.1, -0.05) is 0 Å². The summed E-state index contributed by atoms with van der Waals surface area (Å²) in [4.78, 5) is 30.4. The van der Waals surface area contributed by atoms with Crippen LogP contribution in [0.15, 0.2) is 18.2 Å². The van der Waals surface area contributed by atoms with E-state index >= 15 is 0 Å². The predicted octanol–water partition coefficient (Wildman–Crippen LogP) is 1.54. The zero-order valence-corrected chi connectivity index (χ0v) is 16.1. The van der Waals surface area contributed by atoms with E-state index in [1.54, 1.807) is 11.0 Å². The summed E-state index contributed by atoms with van der Waals surface area (Å²) in [5.74, 6) is -0.659. The molecule has 2 amide bonds. The number of carbonyl (C=O) groups excluding carboxylic acids is 2. The SMILES string of the molecule is CC(C)NC(=O)OC1CN(C(=O)c2cc(F)ccc2N2CCN(C)CC2)C1. The highest BCUT2D eigenvalue weighted by atomic mass is 19.1. The Hall–Kier alpha value is -2.35. The summed E-state index contributed by atoms with van der Waals surface area (Å²) in [5.41, 5.74) is 1.13. The number of amides is 2. The zero-order chi connectivity index (χ0) is 19.6. The number of halogens is 1. The van der Waals surface area contributed by atoms with Gasteiger partial charge in [-0.05, 0) is 39.1 Å². The quantitative estimate of drug-likeness (QED) is 0.861. The van der Waals surface area contributed by atoms with Crippen LogP contribution in [-0.2, 0) is 4.74 Å². The Labute approximate surface area is 159 Å². The van der Waals surface area contributed by atoms with Crippen LogP contribution in [0.25, 0.3) is 0 Å². The summed E-state index contributed by atoms with van der Waals surface area (Å²) < 4.78 is 19.1. The van der Waals surface area contributed by atoms with Gasteiger partial charge in [0.1, 0.15) is 11.9 Å². The lowest BCUT2D eigenvalue weighted by molar-refractivity contribution is -0.00699. The van der Waals surface area contributed by atoms with E-state index in [0.29, 0.717) is 18.7 Å². The van der Waals surface area contributed by atoms with Crippen LogP contribution in [0.2, 0.25) is 0 Å². The van der Waals surface area contributed by atoms with Gasteiger partial charge in [-0.15, -0.1) is 0 Å². The first-order valence-corrected chi connectivity index (χ1v) is 9.33. The number of benzene rings is 1. The van der Waals surface area contributed by atoms with Crippen molar-refractivity contribution in [2.75, 3.05) is 51.2 Å². The van der Waals surface area contributed by atoms with Crippen LogP contribution < -0.4 is 10.2 Å². The molecule has 1 aromatic carbocycles. The Morgan fingerprint density at radius 3 is 2.48 bits per heavy atom. The third-order valence-electron chi connectivity index (χ3n) is 4.85. The first kappa shape index (κ1) is 19.4. The number of likely N-dealkylation sites (tertiary alicyclic amines) is 1. The second-order valence-corrected chi connectivity index (χ2v) is 7.49. The lowest BCUT2D eigenvalue weighted by atomic mass is 10.1. The Bertz CT molecular complexity index is 698. The number of hydrogen-bond donors (Lipinski definition) is 1. The maximum atomic E-state index is 13.8. The van der Waals surface area contributed by atoms with E-state index in [0.717, 1.165) is 31.9 Å². The molecule has 1 aromatic rings. The zero-order valence-electron chi connectivity index (χ0n) is 16.1. The summed E-state index contributed by atoms with van der Waals surface area (Å²) in [6.45, 7) is 7.73. The molecule has 7 nitrogen and oxygen atoms in total. The van der Waals surface area contributed by atoms with Crippen molar-refractivity contribution in [1.29, 1.82) is 0 Å². The molecule has 8 heteroatoms. The molecule has 2 saturated heterocycles. The Morgan fingerprint density at radius 2 is 1.85 bits per heavy atom. The van der Waals surface area contributed by atoms with E-state index in [1.807, 2.05) is 13.8 Å². The molecular formula is C19H27FN4O3. The fourth-order valence-corrected chi connectivity index (χ4v) is 3.27. The van der Waals surface area contributed by atoms with Crippen molar-refractivity contribution in [3.05, 3.63) is 29.6 Å². The molecule has 2 heterocycles. The van der Waals surface area contributed by atoms with E-state index in [4.69, 9.17) is 4.74 Å². The maximum Gasteiger partial charge on any atom is 0.407 e. The van der Waals surface area contributed by atoms with Crippen LogP contribution in [0.5, 0.6) is 0 Å². The molecule has 0 atom stereocenters. The largest absolute Gasteiger partial charge is 0.442 e. The van der Waals surface area contributed by atoms with E-state index in [9.17, 15) is 14.0 Å². The summed E-state index contributed by atoms with van der Waals surface area (Å²) in [5, 5.41) is 2.66. The van der Waals surface area contributed by atoms with E-state index in [2.05, 4.69) is 22.2 Å². The Balaban J connectivity index is 1.64. The first-order valence-electron chi connectivity index (χ1n) is 9.33. The molecule has 0 spiro atoms. The van der Waals surface area contributed by atoms with Gasteiger partial charge in [0.05, 0.1) is 18.7 Å². The summed E-state index contributed by atoms with van der Waals surface area (Å²) in [6.07, 6.45) is -0.806. The summed E-state index contributed by atoms with van der Waals surface area (Å²) >= 11 is 0. The number of carbonyl (C=O) groups is 2. The monoisotopic (exact) mass is 378 g/mol. The van der Waals surface area contributed by atoms with Gasteiger partial charge < -0.3 is 24.8 Å². The third-order valence-corrected chi connectivity index (χ3v) is 4.85. The molecule has 3 rings (SSSR count). The molecule has 0 aromatic heterocycles. The molecule has 2 fully saturated rings. The second-order valence-electron chi connectivity index (χ2n) is 7.49. The maximum absolute atomic E-state index is 13.8. The molecular weight excluding hydrogens is 351 g/mol. The number of likely N-dealkylation sites (N-methyl/N-ethyl adjacent to an activating group) is 1. The van der Waals surface area contributed by atoms with Crippen molar-refractivity contribution >= 4 is 17.7 Å². The molecule has 0 radical (unpaired) electrons. The first-order chi connectivity index (χ1) is 12.8. The number of anilines is 1. The fourth-order valence-electron chi connectivity index (χ4n) is 3.27. The number of rotatable bonds is 4. The molecule has 2 aliphatic heterocycles. The van der Waals surface area contributed by atoms with Crippen LogP contribution in [0.1, 0.15) is 24.2 Å². The number of piperazine rings is 1. The number of alkyl carbamates (subject to hydrolysis) is 1. The third kappa shape index (κ3) is 4.68. The normalized spacial score (nSPS) is 18.4. The Kier molecular flexibility index (Phi) is 5.84. The highest BCUT2D eigenvalue weighted by molar-refractivity contribution is 6.00. The van der Waals surface area contributed by atoms with Gasteiger partial charge in [-0.3, -0.25) is 4.79 Å². The van der Waals surface area contributed by atoms with E-state index < -0.39 is 11.9 Å².